The maximum absolute atomic E-state index is 11.7. The second-order valence-corrected chi connectivity index (χ2v) is 1.20. The highest BCUT2D eigenvalue weighted by Crippen LogP contribution is 1.83. The zero-order valence-corrected chi connectivity index (χ0v) is 3.77. The number of aromatic amines is 1. The third-order valence-electron chi connectivity index (χ3n) is 0.572. The van der Waals surface area contributed by atoms with E-state index in [9.17, 15) is 4.39 Å². The van der Waals surface area contributed by atoms with Crippen LogP contribution in [0.3, 0.4) is 0 Å². The summed E-state index contributed by atoms with van der Waals surface area (Å²) in [6.07, 6.45) is -0.627. The van der Waals surface area contributed by atoms with E-state index in [-0.39, 0.29) is 0 Å². The van der Waals surface area contributed by atoms with Crippen molar-refractivity contribution in [3.05, 3.63) is 11.9 Å². The fraction of sp³-hybridized carbons (Fsp3) is 0.333. The first-order valence-electron chi connectivity index (χ1n) is 1.84. The highest BCUT2D eigenvalue weighted by Gasteiger charge is 1.90. The number of aryl methyl sites for hydroxylation is 1. The van der Waals surface area contributed by atoms with Crippen LogP contribution in [0.4, 0.5) is 4.39 Å². The van der Waals surface area contributed by atoms with Gasteiger partial charge in [0.05, 0.1) is 0 Å². The Morgan fingerprint density at radius 3 is 2.43 bits per heavy atom. The van der Waals surface area contributed by atoms with E-state index in [1.807, 2.05) is 0 Å². The summed E-state index contributed by atoms with van der Waals surface area (Å²) in [5, 5.41) is 6.38. The van der Waals surface area contributed by atoms with E-state index in [2.05, 4.69) is 15.2 Å². The minimum absolute atomic E-state index is 0.498. The van der Waals surface area contributed by atoms with Gasteiger partial charge in [0.1, 0.15) is 5.82 Å². The summed E-state index contributed by atoms with van der Waals surface area (Å²) in [5.74, 6) is 0.498. The van der Waals surface area contributed by atoms with Gasteiger partial charge >= 0.3 is 6.08 Å². The molecule has 0 aromatic carbocycles. The molecule has 1 heterocycles. The lowest BCUT2D eigenvalue weighted by molar-refractivity contribution is 0.544. The van der Waals surface area contributed by atoms with Crippen LogP contribution in [0.1, 0.15) is 5.82 Å². The van der Waals surface area contributed by atoms with Crippen molar-refractivity contribution in [3.63, 3.8) is 0 Å². The van der Waals surface area contributed by atoms with E-state index >= 15 is 0 Å². The van der Waals surface area contributed by atoms with Crippen LogP contribution < -0.4 is 0 Å². The number of nitrogens with one attached hydrogen (secondary N) is 1. The summed E-state index contributed by atoms with van der Waals surface area (Å²) in [4.78, 5) is 2.25. The summed E-state index contributed by atoms with van der Waals surface area (Å²) < 4.78 is 11.7. The van der Waals surface area contributed by atoms with Crippen LogP contribution in [0.15, 0.2) is 0 Å². The van der Waals surface area contributed by atoms with E-state index in [0.29, 0.717) is 5.82 Å². The van der Waals surface area contributed by atoms with Crippen LogP contribution in [-0.2, 0) is 0 Å². The fourth-order valence-corrected chi connectivity index (χ4v) is 0.318. The van der Waals surface area contributed by atoms with Crippen molar-refractivity contribution in [2.75, 3.05) is 0 Å². The summed E-state index contributed by atoms with van der Waals surface area (Å²) in [5.41, 5.74) is 0. The summed E-state index contributed by atoms with van der Waals surface area (Å²) in [7, 11) is 0. The summed E-state index contributed by atoms with van der Waals surface area (Å²) >= 11 is 0. The Morgan fingerprint density at radius 1 is 1.57 bits per heavy atom. The number of nitrogens with zero attached hydrogens (tertiary/aromatic N) is 2. The van der Waals surface area contributed by atoms with Crippen molar-refractivity contribution in [2.24, 2.45) is 0 Å². The average Bonchev–Trinajstić information content (AvgIpc) is 1.87. The molecule has 1 rings (SSSR count). The monoisotopic (exact) mass is 100 g/mol. The van der Waals surface area contributed by atoms with Gasteiger partial charge in [-0.15, -0.1) is 5.10 Å². The zero-order valence-electron chi connectivity index (χ0n) is 3.77. The van der Waals surface area contributed by atoms with Gasteiger partial charge in [0.25, 0.3) is 0 Å². The lowest BCUT2D eigenvalue weighted by Gasteiger charge is -1.67. The molecule has 0 aliphatic carbocycles. The molecule has 0 fully saturated rings. The Labute approximate surface area is 39.6 Å². The normalized spacial score (nSPS) is 9.43. The summed E-state index contributed by atoms with van der Waals surface area (Å²) in [6, 6.07) is 0. The first-order chi connectivity index (χ1) is 3.29. The lowest BCUT2D eigenvalue weighted by Crippen LogP contribution is -1.71. The van der Waals surface area contributed by atoms with Crippen molar-refractivity contribution < 1.29 is 4.39 Å². The number of hydrogen-bond acceptors (Lipinski definition) is 2. The highest BCUT2D eigenvalue weighted by atomic mass is 18.2. The third-order valence-corrected chi connectivity index (χ3v) is 0.572. The van der Waals surface area contributed by atoms with Gasteiger partial charge in [0.2, 0.25) is 0 Å². The molecule has 38 valence electrons. The van der Waals surface area contributed by atoms with Crippen molar-refractivity contribution in [2.45, 2.75) is 6.92 Å². The smallest absolute Gasteiger partial charge is 0.301 e. The molecule has 0 aliphatic heterocycles. The molecule has 4 heteroatoms. The molecule has 0 aliphatic rings. The van der Waals surface area contributed by atoms with Gasteiger partial charge in [-0.3, -0.25) is 0 Å². The molecular weight excluding hydrogens is 96.1 g/mol. The Bertz CT molecular complexity index is 142. The van der Waals surface area contributed by atoms with Crippen molar-refractivity contribution in [1.82, 2.24) is 15.2 Å². The molecule has 0 atom stereocenters. The summed E-state index contributed by atoms with van der Waals surface area (Å²) in [6.45, 7) is 1.64. The van der Waals surface area contributed by atoms with Crippen LogP contribution in [0.25, 0.3) is 0 Å². The van der Waals surface area contributed by atoms with E-state index in [1.165, 1.54) is 0 Å². The molecule has 0 unspecified atom stereocenters. The standard InChI is InChI=1S/C3H4FN3/c1-2-5-3(4)7-6-2/h1H3,(H,5,6,7)/i4-1. The van der Waals surface area contributed by atoms with Gasteiger partial charge in [-0.2, -0.15) is 4.39 Å². The van der Waals surface area contributed by atoms with E-state index in [4.69, 9.17) is 0 Å². The maximum Gasteiger partial charge on any atom is 0.306 e. The lowest BCUT2D eigenvalue weighted by atomic mass is 10.8. The molecule has 0 saturated heterocycles. The second-order valence-electron chi connectivity index (χ2n) is 1.20. The predicted molar refractivity (Wildman–Crippen MR) is 21.1 cm³/mol. The molecule has 3 nitrogen and oxygen atoms in total. The third kappa shape index (κ3) is 0.734. The van der Waals surface area contributed by atoms with E-state index in [0.717, 1.165) is 0 Å². The van der Waals surface area contributed by atoms with Gasteiger partial charge in [-0.05, 0) is 6.92 Å². The van der Waals surface area contributed by atoms with Crippen LogP contribution in [-0.4, -0.2) is 15.2 Å². The SMILES string of the molecule is Cc1nnc([18F])[nH]1. The molecule has 0 radical (unpaired) electrons. The number of halogens is 1. The molecule has 0 spiro atoms. The first kappa shape index (κ1) is 4.23. The Hall–Kier alpha value is -0.930. The van der Waals surface area contributed by atoms with Crippen LogP contribution in [0.2, 0.25) is 0 Å². The van der Waals surface area contributed by atoms with Gasteiger partial charge < -0.3 is 4.98 Å². The van der Waals surface area contributed by atoms with Crippen molar-refractivity contribution in [3.8, 4) is 0 Å². The van der Waals surface area contributed by atoms with E-state index in [1.54, 1.807) is 6.92 Å². The quantitative estimate of drug-likeness (QED) is 0.507. The molecular formula is C3H4FN3. The first-order valence-corrected chi connectivity index (χ1v) is 1.84. The molecule has 1 aromatic heterocycles. The van der Waals surface area contributed by atoms with Crippen LogP contribution in [0.5, 0.6) is 0 Å². The van der Waals surface area contributed by atoms with Crippen molar-refractivity contribution in [1.29, 1.82) is 0 Å². The highest BCUT2D eigenvalue weighted by molar-refractivity contribution is 4.72. The van der Waals surface area contributed by atoms with Crippen LogP contribution >= 0.6 is 0 Å². The largest absolute Gasteiger partial charge is 0.306 e. The number of rotatable bonds is 0. The Morgan fingerprint density at radius 2 is 2.29 bits per heavy atom. The predicted octanol–water partition coefficient (Wildman–Crippen LogP) is 0.252. The minimum Gasteiger partial charge on any atom is -0.301 e. The van der Waals surface area contributed by atoms with Crippen LogP contribution in [0, 0.1) is 13.0 Å². The van der Waals surface area contributed by atoms with Gasteiger partial charge in [-0.1, -0.05) is 5.10 Å². The molecule has 1 N–H and O–H groups in total. The molecule has 1 aromatic rings. The molecule has 7 heavy (non-hydrogen) atoms. The van der Waals surface area contributed by atoms with Gasteiger partial charge in [0, 0.05) is 0 Å². The average molecular weight is 100 g/mol. The van der Waals surface area contributed by atoms with Gasteiger partial charge in [0.15, 0.2) is 0 Å². The maximum atomic E-state index is 11.7. The fourth-order valence-electron chi connectivity index (χ4n) is 0.318. The minimum atomic E-state index is -0.627. The van der Waals surface area contributed by atoms with Crippen molar-refractivity contribution >= 4 is 0 Å². The molecule has 0 amide bonds. The molecule has 0 saturated carbocycles. The number of hydrogen-bond donors (Lipinski definition) is 1. The Balaban J connectivity index is 3.04. The number of H-pyrrole nitrogens is 1. The number of aromatic nitrogens is 3. The van der Waals surface area contributed by atoms with Gasteiger partial charge in [-0.25, -0.2) is 0 Å². The second kappa shape index (κ2) is 1.29. The zero-order chi connectivity index (χ0) is 5.28. The molecule has 0 bridgehead atoms. The van der Waals surface area contributed by atoms with E-state index < -0.39 is 6.08 Å². The Kier molecular flexibility index (Phi) is 0.780. The topological polar surface area (TPSA) is 41.6 Å².